The van der Waals surface area contributed by atoms with Crippen molar-refractivity contribution >= 4 is 0 Å². The van der Waals surface area contributed by atoms with Gasteiger partial charge >= 0.3 is 0 Å². The third-order valence-corrected chi connectivity index (χ3v) is 3.27. The Bertz CT molecular complexity index is 162. The van der Waals surface area contributed by atoms with E-state index in [1.165, 1.54) is 6.42 Å². The van der Waals surface area contributed by atoms with E-state index in [0.717, 1.165) is 31.1 Å². The topological polar surface area (TPSA) is 20.2 Å². The van der Waals surface area contributed by atoms with Crippen molar-refractivity contribution < 1.29 is 5.11 Å². The highest BCUT2D eigenvalue weighted by Gasteiger charge is 2.52. The summed E-state index contributed by atoms with van der Waals surface area (Å²) in [5.41, 5.74) is 0. The molecule has 0 unspecified atom stereocenters. The van der Waals surface area contributed by atoms with E-state index in [1.54, 1.807) is 0 Å². The zero-order chi connectivity index (χ0) is 7.84. The molecule has 0 aromatic carbocycles. The van der Waals surface area contributed by atoms with Gasteiger partial charge in [-0.1, -0.05) is 6.08 Å². The molecule has 2 aliphatic carbocycles. The number of hydrogen-bond acceptors (Lipinski definition) is 1. The zero-order valence-corrected chi connectivity index (χ0v) is 6.87. The van der Waals surface area contributed by atoms with Gasteiger partial charge in [0.1, 0.15) is 0 Å². The number of aliphatic hydroxyl groups excluding tert-OH is 1. The molecule has 0 bridgehead atoms. The Hall–Kier alpha value is -0.300. The average molecular weight is 152 g/mol. The number of fused-ring (bicyclic) bond motifs is 1. The van der Waals surface area contributed by atoms with Gasteiger partial charge in [-0.25, -0.2) is 0 Å². The Balaban J connectivity index is 1.86. The van der Waals surface area contributed by atoms with Gasteiger partial charge in [-0.3, -0.25) is 0 Å². The fourth-order valence-electron chi connectivity index (χ4n) is 2.55. The number of allylic oxidation sites excluding steroid dienone is 1. The molecule has 2 rings (SSSR count). The van der Waals surface area contributed by atoms with Crippen molar-refractivity contribution in [2.45, 2.75) is 31.8 Å². The Morgan fingerprint density at radius 1 is 1.45 bits per heavy atom. The van der Waals surface area contributed by atoms with Crippen LogP contribution in [0.2, 0.25) is 0 Å². The number of aliphatic hydroxyl groups is 1. The Morgan fingerprint density at radius 3 is 2.82 bits per heavy atom. The van der Waals surface area contributed by atoms with E-state index < -0.39 is 0 Å². The SMILES string of the molecule is C=CCC[C@@H]1[C@H]2C[C@H]2C[C@H]1O. The maximum absolute atomic E-state index is 9.58. The third-order valence-electron chi connectivity index (χ3n) is 3.27. The van der Waals surface area contributed by atoms with Crippen LogP contribution in [-0.2, 0) is 0 Å². The second-order valence-corrected chi connectivity index (χ2v) is 3.99. The first kappa shape index (κ1) is 7.35. The van der Waals surface area contributed by atoms with Gasteiger partial charge in [0.15, 0.2) is 0 Å². The van der Waals surface area contributed by atoms with E-state index in [9.17, 15) is 5.11 Å². The Labute approximate surface area is 68.1 Å². The molecule has 62 valence electrons. The number of hydrogen-bond donors (Lipinski definition) is 1. The zero-order valence-electron chi connectivity index (χ0n) is 6.87. The molecule has 0 aliphatic heterocycles. The van der Waals surface area contributed by atoms with Gasteiger partial charge < -0.3 is 5.11 Å². The van der Waals surface area contributed by atoms with Crippen molar-refractivity contribution in [2.75, 3.05) is 0 Å². The Morgan fingerprint density at radius 2 is 2.27 bits per heavy atom. The lowest BCUT2D eigenvalue weighted by Gasteiger charge is -2.15. The van der Waals surface area contributed by atoms with E-state index in [-0.39, 0.29) is 6.10 Å². The summed E-state index contributed by atoms with van der Waals surface area (Å²) in [6, 6.07) is 0. The van der Waals surface area contributed by atoms with Crippen LogP contribution in [0.5, 0.6) is 0 Å². The highest BCUT2D eigenvalue weighted by molar-refractivity contribution is 5.02. The molecule has 0 spiro atoms. The van der Waals surface area contributed by atoms with Gasteiger partial charge in [0.25, 0.3) is 0 Å². The predicted octanol–water partition coefficient (Wildman–Crippen LogP) is 1.97. The maximum Gasteiger partial charge on any atom is 0.0574 e. The first-order chi connectivity index (χ1) is 5.33. The van der Waals surface area contributed by atoms with E-state index in [1.807, 2.05) is 6.08 Å². The Kier molecular flexibility index (Phi) is 1.76. The van der Waals surface area contributed by atoms with Crippen molar-refractivity contribution in [1.29, 1.82) is 0 Å². The molecule has 1 heteroatoms. The molecular formula is C10H16O. The minimum Gasteiger partial charge on any atom is -0.393 e. The first-order valence-corrected chi connectivity index (χ1v) is 4.62. The van der Waals surface area contributed by atoms with Crippen LogP contribution in [0.4, 0.5) is 0 Å². The van der Waals surface area contributed by atoms with E-state index in [4.69, 9.17) is 0 Å². The highest BCUT2D eigenvalue weighted by Crippen LogP contribution is 2.56. The first-order valence-electron chi connectivity index (χ1n) is 4.62. The van der Waals surface area contributed by atoms with Gasteiger partial charge in [-0.05, 0) is 43.4 Å². The number of rotatable bonds is 3. The molecule has 2 fully saturated rings. The van der Waals surface area contributed by atoms with Gasteiger partial charge in [0, 0.05) is 0 Å². The quantitative estimate of drug-likeness (QED) is 0.613. The van der Waals surface area contributed by atoms with Crippen LogP contribution in [0.1, 0.15) is 25.7 Å². The molecule has 0 radical (unpaired) electrons. The lowest BCUT2D eigenvalue weighted by atomic mass is 9.95. The summed E-state index contributed by atoms with van der Waals surface area (Å²) in [6.07, 6.45) is 6.67. The molecule has 1 N–H and O–H groups in total. The summed E-state index contributed by atoms with van der Waals surface area (Å²) in [5, 5.41) is 9.58. The molecule has 4 atom stereocenters. The second-order valence-electron chi connectivity index (χ2n) is 3.99. The molecule has 1 nitrogen and oxygen atoms in total. The average Bonchev–Trinajstić information content (AvgIpc) is 2.64. The van der Waals surface area contributed by atoms with E-state index in [0.29, 0.717) is 5.92 Å². The normalized spacial score (nSPS) is 47.0. The van der Waals surface area contributed by atoms with Gasteiger partial charge in [-0.15, -0.1) is 6.58 Å². The van der Waals surface area contributed by atoms with Crippen molar-refractivity contribution in [3.05, 3.63) is 12.7 Å². The van der Waals surface area contributed by atoms with Gasteiger partial charge in [0.2, 0.25) is 0 Å². The third kappa shape index (κ3) is 1.22. The second kappa shape index (κ2) is 2.63. The summed E-state index contributed by atoms with van der Waals surface area (Å²) < 4.78 is 0. The van der Waals surface area contributed by atoms with Crippen molar-refractivity contribution in [3.63, 3.8) is 0 Å². The minimum atomic E-state index is 0.0127. The van der Waals surface area contributed by atoms with E-state index in [2.05, 4.69) is 6.58 Å². The molecule has 0 heterocycles. The monoisotopic (exact) mass is 152 g/mol. The maximum atomic E-state index is 9.58. The van der Waals surface area contributed by atoms with Crippen LogP contribution in [0.25, 0.3) is 0 Å². The van der Waals surface area contributed by atoms with Crippen LogP contribution in [0.15, 0.2) is 12.7 Å². The van der Waals surface area contributed by atoms with Crippen LogP contribution < -0.4 is 0 Å². The standard InChI is InChI=1S/C10H16O/c1-2-3-4-8-9-5-7(9)6-10(8)11/h2,7-11H,1,3-6H2/t7-,8+,9-,10+/m0/s1. The molecule has 0 aromatic heterocycles. The van der Waals surface area contributed by atoms with Crippen LogP contribution in [0, 0.1) is 17.8 Å². The fraction of sp³-hybridized carbons (Fsp3) is 0.800. The van der Waals surface area contributed by atoms with Gasteiger partial charge in [-0.2, -0.15) is 0 Å². The van der Waals surface area contributed by atoms with Crippen molar-refractivity contribution in [2.24, 2.45) is 17.8 Å². The molecule has 0 saturated heterocycles. The lowest BCUT2D eigenvalue weighted by molar-refractivity contribution is 0.109. The smallest absolute Gasteiger partial charge is 0.0574 e. The molecular weight excluding hydrogens is 136 g/mol. The summed E-state index contributed by atoms with van der Waals surface area (Å²) in [5.74, 6) is 2.38. The van der Waals surface area contributed by atoms with Gasteiger partial charge in [0.05, 0.1) is 6.10 Å². The molecule has 0 amide bonds. The van der Waals surface area contributed by atoms with Crippen LogP contribution >= 0.6 is 0 Å². The predicted molar refractivity (Wildman–Crippen MR) is 45.1 cm³/mol. The lowest BCUT2D eigenvalue weighted by Crippen LogP contribution is -2.16. The fourth-order valence-corrected chi connectivity index (χ4v) is 2.55. The summed E-state index contributed by atoms with van der Waals surface area (Å²) in [6.45, 7) is 3.70. The molecule has 0 aromatic rings. The summed E-state index contributed by atoms with van der Waals surface area (Å²) >= 11 is 0. The highest BCUT2D eigenvalue weighted by atomic mass is 16.3. The minimum absolute atomic E-state index is 0.0127. The summed E-state index contributed by atoms with van der Waals surface area (Å²) in [7, 11) is 0. The van der Waals surface area contributed by atoms with Crippen molar-refractivity contribution in [3.8, 4) is 0 Å². The molecule has 2 aliphatic rings. The van der Waals surface area contributed by atoms with E-state index >= 15 is 0 Å². The largest absolute Gasteiger partial charge is 0.393 e. The van der Waals surface area contributed by atoms with Crippen LogP contribution in [0.3, 0.4) is 0 Å². The molecule has 11 heavy (non-hydrogen) atoms. The van der Waals surface area contributed by atoms with Crippen LogP contribution in [-0.4, -0.2) is 11.2 Å². The van der Waals surface area contributed by atoms with Crippen molar-refractivity contribution in [1.82, 2.24) is 0 Å². The summed E-state index contributed by atoms with van der Waals surface area (Å²) in [4.78, 5) is 0. The molecule has 2 saturated carbocycles.